The normalized spacial score (nSPS) is 13.5. The van der Waals surface area contributed by atoms with Gasteiger partial charge >= 0.3 is 5.97 Å². The van der Waals surface area contributed by atoms with Crippen LogP contribution in [0, 0.1) is 5.41 Å². The Hall–Kier alpha value is -1.06. The van der Waals surface area contributed by atoms with Gasteiger partial charge < -0.3 is 10.4 Å². The number of hydrogen-bond acceptors (Lipinski definition) is 2. The molecule has 76 valence electrons. The molecule has 2 N–H and O–H groups in total. The summed E-state index contributed by atoms with van der Waals surface area (Å²) in [6.45, 7) is 7.03. The highest BCUT2D eigenvalue weighted by molar-refractivity contribution is 5.83. The Morgan fingerprint density at radius 1 is 1.38 bits per heavy atom. The van der Waals surface area contributed by atoms with E-state index in [-0.39, 0.29) is 5.91 Å². The van der Waals surface area contributed by atoms with E-state index in [4.69, 9.17) is 5.11 Å². The van der Waals surface area contributed by atoms with Crippen molar-refractivity contribution in [1.82, 2.24) is 5.32 Å². The fraction of sp³-hybridized carbons (Fsp3) is 0.778. The molecule has 0 fully saturated rings. The maximum absolute atomic E-state index is 11.0. The van der Waals surface area contributed by atoms with E-state index in [0.29, 0.717) is 6.42 Å². The average Bonchev–Trinajstić information content (AvgIpc) is 1.96. The zero-order chi connectivity index (χ0) is 10.6. The van der Waals surface area contributed by atoms with Crippen LogP contribution in [0.4, 0.5) is 0 Å². The van der Waals surface area contributed by atoms with Crippen LogP contribution in [0.5, 0.6) is 0 Å². The average molecular weight is 187 g/mol. The Labute approximate surface area is 78.3 Å². The minimum atomic E-state index is -0.991. The number of hydrogen-bond donors (Lipinski definition) is 2. The Balaban J connectivity index is 4.46. The van der Waals surface area contributed by atoms with Crippen LogP contribution in [0.25, 0.3) is 0 Å². The molecule has 0 radical (unpaired) electrons. The maximum atomic E-state index is 11.0. The van der Waals surface area contributed by atoms with Gasteiger partial charge in [0.2, 0.25) is 5.91 Å². The number of aliphatic carboxylic acids is 1. The summed E-state index contributed by atoms with van der Waals surface area (Å²) in [5.74, 6) is -1.23. The number of nitrogens with one attached hydrogen (secondary N) is 1. The molecule has 0 saturated heterocycles. The molecule has 13 heavy (non-hydrogen) atoms. The van der Waals surface area contributed by atoms with Crippen molar-refractivity contribution >= 4 is 11.9 Å². The molecule has 0 saturated carbocycles. The molecule has 0 bridgehead atoms. The van der Waals surface area contributed by atoms with Gasteiger partial charge in [-0.1, -0.05) is 27.7 Å². The molecule has 4 nitrogen and oxygen atoms in total. The van der Waals surface area contributed by atoms with Crippen LogP contribution in [-0.2, 0) is 9.59 Å². The topological polar surface area (TPSA) is 66.4 Å². The van der Waals surface area contributed by atoms with Crippen LogP contribution in [0.1, 0.15) is 34.1 Å². The largest absolute Gasteiger partial charge is 0.480 e. The molecule has 4 heteroatoms. The fourth-order valence-corrected chi connectivity index (χ4v) is 0.912. The molecule has 0 aromatic rings. The van der Waals surface area contributed by atoms with Crippen LogP contribution < -0.4 is 5.32 Å². The van der Waals surface area contributed by atoms with Gasteiger partial charge in [0, 0.05) is 6.42 Å². The van der Waals surface area contributed by atoms with Crippen molar-refractivity contribution < 1.29 is 14.7 Å². The van der Waals surface area contributed by atoms with E-state index in [1.807, 2.05) is 0 Å². The Morgan fingerprint density at radius 2 is 1.85 bits per heavy atom. The molecule has 1 amide bonds. The molecule has 0 aromatic carbocycles. The fourth-order valence-electron chi connectivity index (χ4n) is 0.912. The first-order valence-corrected chi connectivity index (χ1v) is 4.31. The number of rotatable bonds is 3. The molecule has 0 aliphatic rings. The van der Waals surface area contributed by atoms with Crippen LogP contribution in [-0.4, -0.2) is 23.0 Å². The minimum absolute atomic E-state index is 0.234. The van der Waals surface area contributed by atoms with E-state index in [2.05, 4.69) is 5.32 Å². The summed E-state index contributed by atoms with van der Waals surface area (Å²) in [5.41, 5.74) is -0.462. The third kappa shape index (κ3) is 3.92. The molecule has 0 rings (SSSR count). The molecule has 0 heterocycles. The first-order chi connectivity index (χ1) is 5.79. The van der Waals surface area contributed by atoms with E-state index < -0.39 is 17.4 Å². The third-order valence-corrected chi connectivity index (χ3v) is 1.74. The predicted octanol–water partition coefficient (Wildman–Crippen LogP) is 1.01. The first-order valence-electron chi connectivity index (χ1n) is 4.31. The quantitative estimate of drug-likeness (QED) is 0.693. The van der Waals surface area contributed by atoms with Crippen molar-refractivity contribution in [3.8, 4) is 0 Å². The van der Waals surface area contributed by atoms with E-state index in [1.54, 1.807) is 27.7 Å². The second kappa shape index (κ2) is 4.25. The van der Waals surface area contributed by atoms with Gasteiger partial charge in [-0.25, -0.2) is 4.79 Å². The second-order valence-electron chi connectivity index (χ2n) is 4.06. The lowest BCUT2D eigenvalue weighted by molar-refractivity contribution is -0.144. The van der Waals surface area contributed by atoms with Crippen molar-refractivity contribution in [3.05, 3.63) is 0 Å². The highest BCUT2D eigenvalue weighted by Gasteiger charge is 2.31. The summed E-state index contributed by atoms with van der Waals surface area (Å²) in [7, 11) is 0. The third-order valence-electron chi connectivity index (χ3n) is 1.74. The Kier molecular flexibility index (Phi) is 3.91. The summed E-state index contributed by atoms with van der Waals surface area (Å²) >= 11 is 0. The van der Waals surface area contributed by atoms with Gasteiger partial charge in [-0.05, 0) is 5.41 Å². The number of carbonyl (C=O) groups excluding carboxylic acids is 1. The zero-order valence-electron chi connectivity index (χ0n) is 8.55. The summed E-state index contributed by atoms with van der Waals surface area (Å²) < 4.78 is 0. The molecule has 0 unspecified atom stereocenters. The summed E-state index contributed by atoms with van der Waals surface area (Å²) in [5, 5.41) is 11.3. The van der Waals surface area contributed by atoms with Gasteiger partial charge in [-0.15, -0.1) is 0 Å². The van der Waals surface area contributed by atoms with Gasteiger partial charge in [0.25, 0.3) is 0 Å². The van der Waals surface area contributed by atoms with E-state index in [0.717, 1.165) is 0 Å². The molecule has 0 aromatic heterocycles. The molecule has 0 spiro atoms. The molecule has 0 aliphatic heterocycles. The SMILES string of the molecule is CCC(=O)N[C@H](C(=O)O)C(C)(C)C. The number of carbonyl (C=O) groups is 2. The van der Waals surface area contributed by atoms with Gasteiger partial charge in [0.1, 0.15) is 6.04 Å². The lowest BCUT2D eigenvalue weighted by Crippen LogP contribution is -2.48. The standard InChI is InChI=1S/C9H17NO3/c1-5-6(11)10-7(8(12)13)9(2,3)4/h7H,5H2,1-4H3,(H,10,11)(H,12,13)/t7-/m1/s1. The number of carboxylic acid groups (broad SMARTS) is 1. The highest BCUT2D eigenvalue weighted by Crippen LogP contribution is 2.19. The van der Waals surface area contributed by atoms with Gasteiger partial charge in [-0.3, -0.25) is 4.79 Å². The van der Waals surface area contributed by atoms with Gasteiger partial charge in [0.05, 0.1) is 0 Å². The Bertz CT molecular complexity index is 205. The summed E-state index contributed by atoms with van der Waals surface area (Å²) in [4.78, 5) is 21.8. The highest BCUT2D eigenvalue weighted by atomic mass is 16.4. The molecular weight excluding hydrogens is 170 g/mol. The molecule has 1 atom stereocenters. The maximum Gasteiger partial charge on any atom is 0.326 e. The monoisotopic (exact) mass is 187 g/mol. The van der Waals surface area contributed by atoms with E-state index in [9.17, 15) is 9.59 Å². The van der Waals surface area contributed by atoms with Crippen molar-refractivity contribution in [2.24, 2.45) is 5.41 Å². The van der Waals surface area contributed by atoms with Crippen molar-refractivity contribution in [2.75, 3.05) is 0 Å². The van der Waals surface area contributed by atoms with E-state index in [1.165, 1.54) is 0 Å². The Morgan fingerprint density at radius 3 is 2.08 bits per heavy atom. The summed E-state index contributed by atoms with van der Waals surface area (Å²) in [6, 6.07) is -0.819. The second-order valence-corrected chi connectivity index (χ2v) is 4.06. The summed E-state index contributed by atoms with van der Waals surface area (Å²) in [6.07, 6.45) is 0.305. The smallest absolute Gasteiger partial charge is 0.326 e. The van der Waals surface area contributed by atoms with E-state index >= 15 is 0 Å². The molecular formula is C9H17NO3. The lowest BCUT2D eigenvalue weighted by atomic mass is 9.87. The van der Waals surface area contributed by atoms with Gasteiger partial charge in [-0.2, -0.15) is 0 Å². The van der Waals surface area contributed by atoms with Crippen LogP contribution in [0.3, 0.4) is 0 Å². The first kappa shape index (κ1) is 11.9. The van der Waals surface area contributed by atoms with Crippen molar-refractivity contribution in [2.45, 2.75) is 40.2 Å². The van der Waals surface area contributed by atoms with Crippen LogP contribution in [0.15, 0.2) is 0 Å². The van der Waals surface area contributed by atoms with Crippen molar-refractivity contribution in [3.63, 3.8) is 0 Å². The minimum Gasteiger partial charge on any atom is -0.480 e. The number of carboxylic acids is 1. The van der Waals surface area contributed by atoms with Crippen LogP contribution >= 0.6 is 0 Å². The zero-order valence-corrected chi connectivity index (χ0v) is 8.55. The van der Waals surface area contributed by atoms with Crippen molar-refractivity contribution in [1.29, 1.82) is 0 Å². The molecule has 0 aliphatic carbocycles. The van der Waals surface area contributed by atoms with Gasteiger partial charge in [0.15, 0.2) is 0 Å². The number of amides is 1. The van der Waals surface area contributed by atoms with Crippen LogP contribution in [0.2, 0.25) is 0 Å². The predicted molar refractivity (Wildman–Crippen MR) is 49.3 cm³/mol. The lowest BCUT2D eigenvalue weighted by Gasteiger charge is -2.27.